The van der Waals surface area contributed by atoms with E-state index in [4.69, 9.17) is 0 Å². The first-order valence-corrected chi connectivity index (χ1v) is 9.67. The molecule has 154 valence electrons. The number of aryl methyl sites for hydroxylation is 2. The van der Waals surface area contributed by atoms with Crippen molar-refractivity contribution in [2.45, 2.75) is 39.5 Å². The van der Waals surface area contributed by atoms with Crippen molar-refractivity contribution in [1.29, 1.82) is 0 Å². The van der Waals surface area contributed by atoms with E-state index in [2.05, 4.69) is 15.4 Å². The van der Waals surface area contributed by atoms with Gasteiger partial charge in [0.1, 0.15) is 0 Å². The summed E-state index contributed by atoms with van der Waals surface area (Å²) in [5.41, 5.74) is 3.47. The van der Waals surface area contributed by atoms with E-state index in [0.717, 1.165) is 11.3 Å². The van der Waals surface area contributed by atoms with Crippen LogP contribution in [0.3, 0.4) is 0 Å². The molecule has 0 unspecified atom stereocenters. The lowest BCUT2D eigenvalue weighted by molar-refractivity contribution is -0.129. The first-order valence-electron chi connectivity index (χ1n) is 9.67. The first-order chi connectivity index (χ1) is 14.3. The lowest BCUT2D eigenvalue weighted by Gasteiger charge is -2.25. The van der Waals surface area contributed by atoms with Crippen molar-refractivity contribution in [3.63, 3.8) is 0 Å². The molecule has 0 aliphatic carbocycles. The molecule has 1 aliphatic heterocycles. The molecule has 0 bridgehead atoms. The molecule has 0 radical (unpaired) electrons. The highest BCUT2D eigenvalue weighted by atomic mass is 16.2. The summed E-state index contributed by atoms with van der Waals surface area (Å²) in [6, 6.07) is 8.01. The Bertz CT molecular complexity index is 1210. The predicted octanol–water partition coefficient (Wildman–Crippen LogP) is 1.86. The van der Waals surface area contributed by atoms with E-state index in [1.807, 2.05) is 6.92 Å². The van der Waals surface area contributed by atoms with E-state index in [1.54, 1.807) is 35.7 Å². The second-order valence-corrected chi connectivity index (χ2v) is 7.32. The van der Waals surface area contributed by atoms with Crippen LogP contribution >= 0.6 is 0 Å². The van der Waals surface area contributed by atoms with Crippen LogP contribution in [0.5, 0.6) is 0 Å². The molecule has 1 aliphatic rings. The molecule has 9 nitrogen and oxygen atoms in total. The molecule has 2 N–H and O–H groups in total. The predicted molar refractivity (Wildman–Crippen MR) is 110 cm³/mol. The van der Waals surface area contributed by atoms with Crippen molar-refractivity contribution in [1.82, 2.24) is 14.6 Å². The fraction of sp³-hybridized carbons (Fsp3) is 0.286. The summed E-state index contributed by atoms with van der Waals surface area (Å²) in [7, 11) is 0. The largest absolute Gasteiger partial charge is 0.326 e. The van der Waals surface area contributed by atoms with E-state index < -0.39 is 0 Å². The van der Waals surface area contributed by atoms with Crippen molar-refractivity contribution in [2.24, 2.45) is 0 Å². The highest BCUT2D eigenvalue weighted by Crippen LogP contribution is 2.24. The molecule has 2 aromatic heterocycles. The van der Waals surface area contributed by atoms with Gasteiger partial charge in [-0.05, 0) is 44.5 Å². The Balaban J connectivity index is 1.49. The summed E-state index contributed by atoms with van der Waals surface area (Å²) in [5, 5.41) is 5.48. The summed E-state index contributed by atoms with van der Waals surface area (Å²) in [6.07, 6.45) is 1.38. The number of benzene rings is 1. The lowest BCUT2D eigenvalue weighted by atomic mass is 10.1. The highest BCUT2D eigenvalue weighted by molar-refractivity contribution is 6.16. The van der Waals surface area contributed by atoms with Gasteiger partial charge in [-0.1, -0.05) is 0 Å². The van der Waals surface area contributed by atoms with E-state index in [-0.39, 0.29) is 29.7 Å². The number of nitrogens with zero attached hydrogens (tertiary/aromatic N) is 3. The van der Waals surface area contributed by atoms with E-state index in [1.165, 1.54) is 11.0 Å². The maximum absolute atomic E-state index is 12.6. The fourth-order valence-corrected chi connectivity index (χ4v) is 3.71. The molecule has 1 fully saturated rings. The van der Waals surface area contributed by atoms with Crippen LogP contribution in [0.4, 0.5) is 11.4 Å². The van der Waals surface area contributed by atoms with Gasteiger partial charge >= 0.3 is 0 Å². The second-order valence-electron chi connectivity index (χ2n) is 7.32. The summed E-state index contributed by atoms with van der Waals surface area (Å²) >= 11 is 0. The quantitative estimate of drug-likeness (QED) is 0.641. The smallest absolute Gasteiger partial charge is 0.266 e. The zero-order valence-electron chi connectivity index (χ0n) is 16.7. The molecule has 1 aromatic carbocycles. The topological polar surface area (TPSA) is 117 Å². The molecule has 3 heterocycles. The van der Waals surface area contributed by atoms with Crippen LogP contribution in [0, 0.1) is 13.8 Å². The van der Waals surface area contributed by atoms with Gasteiger partial charge < -0.3 is 5.32 Å². The molecule has 3 amide bonds. The number of rotatable bonds is 4. The van der Waals surface area contributed by atoms with Crippen LogP contribution < -0.4 is 15.8 Å². The lowest BCUT2D eigenvalue weighted by Crippen LogP contribution is -2.40. The number of nitrogens with one attached hydrogen (secondary N) is 2. The molecule has 3 aromatic rings. The van der Waals surface area contributed by atoms with Gasteiger partial charge in [0, 0.05) is 41.5 Å². The fourth-order valence-electron chi connectivity index (χ4n) is 3.71. The van der Waals surface area contributed by atoms with Crippen molar-refractivity contribution in [2.75, 3.05) is 10.2 Å². The Morgan fingerprint density at radius 1 is 1.10 bits per heavy atom. The maximum atomic E-state index is 12.6. The third-order valence-electron chi connectivity index (χ3n) is 5.23. The summed E-state index contributed by atoms with van der Waals surface area (Å²) in [6.45, 7) is 3.62. The summed E-state index contributed by atoms with van der Waals surface area (Å²) in [5.74, 6) is -0.658. The van der Waals surface area contributed by atoms with Crippen molar-refractivity contribution in [3.05, 3.63) is 57.6 Å². The van der Waals surface area contributed by atoms with Gasteiger partial charge in [0.2, 0.25) is 17.7 Å². The average Bonchev–Trinajstić information content (AvgIpc) is 3.06. The SMILES string of the molecule is Cc1nc2cc(=O)[nH]n2c(C)c1CC(=O)Nc1ccc(N2C(=O)CCCC2=O)cc1. The monoisotopic (exact) mass is 407 g/mol. The number of carbonyl (C=O) groups excluding carboxylic acids is 3. The minimum atomic E-state index is -0.252. The van der Waals surface area contributed by atoms with Crippen molar-refractivity contribution >= 4 is 34.7 Å². The number of hydrogen-bond donors (Lipinski definition) is 2. The van der Waals surface area contributed by atoms with Gasteiger partial charge in [-0.15, -0.1) is 0 Å². The Morgan fingerprint density at radius 3 is 2.43 bits per heavy atom. The minimum absolute atomic E-state index is 0.0890. The number of imide groups is 1. The number of fused-ring (bicyclic) bond motifs is 1. The Labute approximate surface area is 171 Å². The number of hydrogen-bond acceptors (Lipinski definition) is 5. The molecule has 9 heteroatoms. The van der Waals surface area contributed by atoms with E-state index in [0.29, 0.717) is 42.0 Å². The maximum Gasteiger partial charge on any atom is 0.266 e. The number of piperidine rings is 1. The van der Waals surface area contributed by atoms with Crippen LogP contribution in [-0.2, 0) is 20.8 Å². The Kier molecular flexibility index (Phi) is 4.94. The third-order valence-corrected chi connectivity index (χ3v) is 5.23. The van der Waals surface area contributed by atoms with Gasteiger partial charge in [-0.2, -0.15) is 0 Å². The molecular formula is C21H21N5O4. The van der Waals surface area contributed by atoms with Crippen LogP contribution in [0.25, 0.3) is 5.65 Å². The van der Waals surface area contributed by atoms with Crippen LogP contribution in [0.2, 0.25) is 0 Å². The average molecular weight is 407 g/mol. The number of amides is 3. The molecule has 0 saturated carbocycles. The molecule has 30 heavy (non-hydrogen) atoms. The zero-order valence-corrected chi connectivity index (χ0v) is 16.7. The summed E-state index contributed by atoms with van der Waals surface area (Å²) < 4.78 is 1.57. The van der Waals surface area contributed by atoms with Gasteiger partial charge in [0.15, 0.2) is 5.65 Å². The highest BCUT2D eigenvalue weighted by Gasteiger charge is 2.27. The van der Waals surface area contributed by atoms with Gasteiger partial charge in [0.05, 0.1) is 12.1 Å². The molecule has 0 atom stereocenters. The number of aromatic amines is 1. The molecule has 4 rings (SSSR count). The first kappa shape index (κ1) is 19.6. The van der Waals surface area contributed by atoms with Gasteiger partial charge in [0.25, 0.3) is 5.56 Å². The Morgan fingerprint density at radius 2 is 1.77 bits per heavy atom. The summed E-state index contributed by atoms with van der Waals surface area (Å²) in [4.78, 5) is 53.8. The number of aromatic nitrogens is 3. The molecular weight excluding hydrogens is 386 g/mol. The standard InChI is InChI=1S/C21H21N5O4/c1-12-16(13(2)26-17(22-12)11-19(28)24-26)10-18(27)23-14-6-8-15(9-7-14)25-20(29)4-3-5-21(25)30/h6-9,11H,3-5,10H2,1-2H3,(H,23,27)(H,24,28). The van der Waals surface area contributed by atoms with E-state index >= 15 is 0 Å². The zero-order chi connectivity index (χ0) is 21.4. The van der Waals surface area contributed by atoms with E-state index in [9.17, 15) is 19.2 Å². The van der Waals surface area contributed by atoms with Gasteiger partial charge in [-0.25, -0.2) is 9.50 Å². The minimum Gasteiger partial charge on any atom is -0.326 e. The van der Waals surface area contributed by atoms with Crippen LogP contribution in [0.15, 0.2) is 35.1 Å². The molecule has 1 saturated heterocycles. The number of H-pyrrole nitrogens is 1. The third kappa shape index (κ3) is 3.61. The van der Waals surface area contributed by atoms with Crippen molar-refractivity contribution < 1.29 is 14.4 Å². The Hall–Kier alpha value is -3.75. The second kappa shape index (κ2) is 7.58. The van der Waals surface area contributed by atoms with Crippen molar-refractivity contribution in [3.8, 4) is 0 Å². The number of carbonyl (C=O) groups is 3. The number of anilines is 2. The molecule has 0 spiro atoms. The van der Waals surface area contributed by atoms with Gasteiger partial charge in [-0.3, -0.25) is 29.2 Å². The normalized spacial score (nSPS) is 14.4. The van der Waals surface area contributed by atoms with Crippen LogP contribution in [0.1, 0.15) is 36.2 Å². The van der Waals surface area contributed by atoms with Crippen LogP contribution in [-0.4, -0.2) is 32.3 Å².